The largest absolute Gasteiger partial charge is 0.398 e. The SMILES string of the molecule is Cc1ccc(N)c(S(=O)(=O)Cc2cc(F)cc(Br)c2)c1. The minimum atomic E-state index is -3.61. The van der Waals surface area contributed by atoms with Crippen molar-refractivity contribution in [2.45, 2.75) is 17.6 Å². The summed E-state index contributed by atoms with van der Waals surface area (Å²) in [5.41, 5.74) is 7.10. The van der Waals surface area contributed by atoms with Gasteiger partial charge in [0, 0.05) is 4.47 Å². The van der Waals surface area contributed by atoms with Crippen LogP contribution in [0.5, 0.6) is 0 Å². The van der Waals surface area contributed by atoms with Gasteiger partial charge >= 0.3 is 0 Å². The van der Waals surface area contributed by atoms with Crippen molar-refractivity contribution in [1.29, 1.82) is 0 Å². The molecule has 0 amide bonds. The maximum absolute atomic E-state index is 13.3. The number of anilines is 1. The molecule has 2 aromatic rings. The van der Waals surface area contributed by atoms with Crippen LogP contribution < -0.4 is 5.73 Å². The van der Waals surface area contributed by atoms with Gasteiger partial charge in [0.1, 0.15) is 5.82 Å². The molecule has 20 heavy (non-hydrogen) atoms. The Labute approximate surface area is 125 Å². The molecule has 2 aromatic carbocycles. The highest BCUT2D eigenvalue weighted by atomic mass is 79.9. The van der Waals surface area contributed by atoms with Gasteiger partial charge in [0.2, 0.25) is 0 Å². The molecule has 0 bridgehead atoms. The first-order valence-electron chi connectivity index (χ1n) is 5.82. The van der Waals surface area contributed by atoms with Gasteiger partial charge in [0.05, 0.1) is 16.3 Å². The van der Waals surface area contributed by atoms with Gasteiger partial charge in [-0.2, -0.15) is 0 Å². The standard InChI is InChI=1S/C14H13BrFNO2S/c1-9-2-3-13(17)14(4-9)20(18,19)8-10-5-11(15)7-12(16)6-10/h2-7H,8,17H2,1H3. The number of benzene rings is 2. The van der Waals surface area contributed by atoms with Crippen molar-refractivity contribution in [3.05, 3.63) is 57.8 Å². The van der Waals surface area contributed by atoms with E-state index in [1.54, 1.807) is 25.1 Å². The van der Waals surface area contributed by atoms with Crippen LogP contribution in [0.4, 0.5) is 10.1 Å². The number of sulfone groups is 1. The van der Waals surface area contributed by atoms with Crippen LogP contribution in [-0.2, 0) is 15.6 Å². The first kappa shape index (κ1) is 15.0. The summed E-state index contributed by atoms with van der Waals surface area (Å²) in [5.74, 6) is -0.779. The van der Waals surface area contributed by atoms with Crippen LogP contribution in [0.25, 0.3) is 0 Å². The molecule has 0 saturated heterocycles. The lowest BCUT2D eigenvalue weighted by atomic mass is 10.2. The molecule has 0 fully saturated rings. The molecule has 0 aliphatic rings. The molecular formula is C14H13BrFNO2S. The summed E-state index contributed by atoms with van der Waals surface area (Å²) in [6, 6.07) is 8.88. The van der Waals surface area contributed by atoms with Crippen LogP contribution in [0.2, 0.25) is 0 Å². The Morgan fingerprint density at radius 1 is 1.20 bits per heavy atom. The van der Waals surface area contributed by atoms with E-state index < -0.39 is 15.7 Å². The first-order valence-corrected chi connectivity index (χ1v) is 8.26. The minimum absolute atomic E-state index is 0.0814. The number of rotatable bonds is 3. The van der Waals surface area contributed by atoms with Gasteiger partial charge < -0.3 is 5.73 Å². The summed E-state index contributed by atoms with van der Waals surface area (Å²) >= 11 is 3.14. The monoisotopic (exact) mass is 357 g/mol. The van der Waals surface area contributed by atoms with Crippen LogP contribution in [-0.4, -0.2) is 8.42 Å². The highest BCUT2D eigenvalue weighted by molar-refractivity contribution is 9.10. The number of hydrogen-bond acceptors (Lipinski definition) is 3. The minimum Gasteiger partial charge on any atom is -0.398 e. The molecule has 0 aromatic heterocycles. The highest BCUT2D eigenvalue weighted by Gasteiger charge is 2.19. The third-order valence-corrected chi connectivity index (χ3v) is 4.98. The van der Waals surface area contributed by atoms with Gasteiger partial charge in [-0.15, -0.1) is 0 Å². The summed E-state index contributed by atoms with van der Waals surface area (Å²) in [4.78, 5) is 0.0814. The fraction of sp³-hybridized carbons (Fsp3) is 0.143. The smallest absolute Gasteiger partial charge is 0.184 e. The average Bonchev–Trinajstić information content (AvgIpc) is 2.30. The van der Waals surface area contributed by atoms with E-state index in [-0.39, 0.29) is 16.3 Å². The summed E-state index contributed by atoms with van der Waals surface area (Å²) in [7, 11) is -3.61. The van der Waals surface area contributed by atoms with Crippen LogP contribution in [0.15, 0.2) is 45.8 Å². The second-order valence-electron chi connectivity index (χ2n) is 4.58. The second kappa shape index (κ2) is 5.54. The van der Waals surface area contributed by atoms with Crippen LogP contribution in [0.1, 0.15) is 11.1 Å². The van der Waals surface area contributed by atoms with Crippen molar-refractivity contribution in [3.8, 4) is 0 Å². The predicted molar refractivity (Wildman–Crippen MR) is 80.6 cm³/mol. The summed E-state index contributed by atoms with van der Waals surface area (Å²) in [6.07, 6.45) is 0. The number of halogens is 2. The zero-order chi connectivity index (χ0) is 14.9. The molecule has 0 unspecified atom stereocenters. The zero-order valence-corrected chi connectivity index (χ0v) is 13.1. The Balaban J connectivity index is 2.43. The normalized spacial score (nSPS) is 11.6. The Kier molecular flexibility index (Phi) is 4.15. The lowest BCUT2D eigenvalue weighted by Crippen LogP contribution is -2.08. The van der Waals surface area contributed by atoms with E-state index in [2.05, 4.69) is 15.9 Å². The molecule has 0 saturated carbocycles. The number of nitrogen functional groups attached to an aromatic ring is 1. The van der Waals surface area contributed by atoms with E-state index in [9.17, 15) is 12.8 Å². The van der Waals surface area contributed by atoms with E-state index in [1.807, 2.05) is 0 Å². The lowest BCUT2D eigenvalue weighted by Gasteiger charge is -2.09. The molecule has 6 heteroatoms. The Morgan fingerprint density at radius 2 is 1.90 bits per heavy atom. The third-order valence-electron chi connectivity index (χ3n) is 2.78. The maximum Gasteiger partial charge on any atom is 0.184 e. The molecule has 3 nitrogen and oxygen atoms in total. The lowest BCUT2D eigenvalue weighted by molar-refractivity contribution is 0.595. The van der Waals surface area contributed by atoms with Gasteiger partial charge in [-0.3, -0.25) is 0 Å². The fourth-order valence-corrected chi connectivity index (χ4v) is 3.97. The number of aryl methyl sites for hydroxylation is 1. The van der Waals surface area contributed by atoms with E-state index in [0.717, 1.165) is 5.56 Å². The van der Waals surface area contributed by atoms with Crippen LogP contribution in [0, 0.1) is 12.7 Å². The van der Waals surface area contributed by atoms with Gasteiger partial charge in [-0.05, 0) is 48.4 Å². The van der Waals surface area contributed by atoms with Crippen molar-refractivity contribution in [1.82, 2.24) is 0 Å². The molecule has 0 heterocycles. The second-order valence-corrected chi connectivity index (χ2v) is 7.45. The number of nitrogens with two attached hydrogens (primary N) is 1. The Hall–Kier alpha value is -1.40. The number of hydrogen-bond donors (Lipinski definition) is 1. The van der Waals surface area contributed by atoms with E-state index in [4.69, 9.17) is 5.73 Å². The topological polar surface area (TPSA) is 60.2 Å². The van der Waals surface area contributed by atoms with Gasteiger partial charge in [-0.1, -0.05) is 22.0 Å². The fourth-order valence-electron chi connectivity index (χ4n) is 1.90. The third kappa shape index (κ3) is 3.37. The van der Waals surface area contributed by atoms with Crippen molar-refractivity contribution >= 4 is 31.5 Å². The van der Waals surface area contributed by atoms with Crippen LogP contribution in [0.3, 0.4) is 0 Å². The predicted octanol–water partition coefficient (Wildman–Crippen LogP) is 3.45. The van der Waals surface area contributed by atoms with Gasteiger partial charge in [0.25, 0.3) is 0 Å². The first-order chi connectivity index (χ1) is 9.28. The Morgan fingerprint density at radius 3 is 2.55 bits per heavy atom. The molecule has 2 N–H and O–H groups in total. The van der Waals surface area contributed by atoms with Gasteiger partial charge in [-0.25, -0.2) is 12.8 Å². The van der Waals surface area contributed by atoms with Crippen LogP contribution >= 0.6 is 15.9 Å². The van der Waals surface area contributed by atoms with E-state index in [1.165, 1.54) is 18.2 Å². The maximum atomic E-state index is 13.3. The zero-order valence-electron chi connectivity index (χ0n) is 10.7. The molecule has 2 rings (SSSR count). The molecular weight excluding hydrogens is 345 g/mol. The molecule has 0 aliphatic carbocycles. The summed E-state index contributed by atoms with van der Waals surface area (Å²) < 4.78 is 38.6. The average molecular weight is 358 g/mol. The van der Waals surface area contributed by atoms with Crippen molar-refractivity contribution in [3.63, 3.8) is 0 Å². The van der Waals surface area contributed by atoms with Crippen molar-refractivity contribution < 1.29 is 12.8 Å². The van der Waals surface area contributed by atoms with Crippen molar-refractivity contribution in [2.24, 2.45) is 0 Å². The van der Waals surface area contributed by atoms with E-state index in [0.29, 0.717) is 10.0 Å². The van der Waals surface area contributed by atoms with E-state index >= 15 is 0 Å². The Bertz CT molecular complexity index is 740. The molecule has 0 aliphatic heterocycles. The molecule has 0 spiro atoms. The van der Waals surface area contributed by atoms with Gasteiger partial charge in [0.15, 0.2) is 9.84 Å². The molecule has 0 atom stereocenters. The van der Waals surface area contributed by atoms with Crippen molar-refractivity contribution in [2.75, 3.05) is 5.73 Å². The quantitative estimate of drug-likeness (QED) is 0.855. The molecule has 0 radical (unpaired) electrons. The summed E-state index contributed by atoms with van der Waals surface area (Å²) in [6.45, 7) is 1.79. The molecule has 106 valence electrons. The summed E-state index contributed by atoms with van der Waals surface area (Å²) in [5, 5.41) is 0. The highest BCUT2D eigenvalue weighted by Crippen LogP contribution is 2.25.